The van der Waals surface area contributed by atoms with E-state index < -0.39 is 53.7 Å². The minimum atomic E-state index is -1.42. The molecule has 10 N–H and O–H groups in total. The Kier molecular flexibility index (Phi) is 16.6. The van der Waals surface area contributed by atoms with Gasteiger partial charge in [0.15, 0.2) is 11.5 Å². The van der Waals surface area contributed by atoms with Crippen LogP contribution in [-0.2, 0) is 31.0 Å². The van der Waals surface area contributed by atoms with Crippen molar-refractivity contribution in [3.63, 3.8) is 0 Å². The highest BCUT2D eigenvalue weighted by molar-refractivity contribution is 5.99. The van der Waals surface area contributed by atoms with Gasteiger partial charge < -0.3 is 52.8 Å². The van der Waals surface area contributed by atoms with Gasteiger partial charge in [0.25, 0.3) is 5.91 Å². The van der Waals surface area contributed by atoms with E-state index in [9.17, 15) is 24.0 Å². The number of hydrogen-bond acceptors (Lipinski definition) is 14. The SMILES string of the molecule is Cc1nc(-c2ccc(C(C)(C)C)cc2)nnc1C(=O)NC(CCN)C(=O)N(C)C1C(=O)NC(C)C(=O)NC(C(=O)NCC#N)Cc2ccc(OCCN)c(c2)-c2cc1ccc2OCCN. The molecule has 2 heterocycles. The summed E-state index contributed by atoms with van der Waals surface area (Å²) >= 11 is 0. The summed E-state index contributed by atoms with van der Waals surface area (Å²) < 4.78 is 12.2. The molecule has 5 amide bonds. The number of nitriles is 1. The third kappa shape index (κ3) is 12.2. The van der Waals surface area contributed by atoms with Gasteiger partial charge in [-0.1, -0.05) is 57.2 Å². The predicted molar refractivity (Wildman–Crippen MR) is 242 cm³/mol. The van der Waals surface area contributed by atoms with Crippen LogP contribution in [0.15, 0.2) is 60.7 Å². The number of benzene rings is 3. The number of nitrogens with zero attached hydrogens (tertiary/aromatic N) is 5. The van der Waals surface area contributed by atoms with Crippen LogP contribution >= 0.6 is 0 Å². The summed E-state index contributed by atoms with van der Waals surface area (Å²) in [4.78, 5) is 75.7. The fourth-order valence-electron chi connectivity index (χ4n) is 7.21. The molecule has 0 fully saturated rings. The maximum absolute atomic E-state index is 14.6. The second-order valence-corrected chi connectivity index (χ2v) is 16.6. The Hall–Kier alpha value is -7.01. The van der Waals surface area contributed by atoms with Crippen molar-refractivity contribution in [2.75, 3.05) is 46.4 Å². The fourth-order valence-corrected chi connectivity index (χ4v) is 7.21. The second kappa shape index (κ2) is 22.1. The quantitative estimate of drug-likeness (QED) is 0.0829. The van der Waals surface area contributed by atoms with E-state index in [0.717, 1.165) is 10.5 Å². The van der Waals surface area contributed by atoms with Crippen LogP contribution in [0.5, 0.6) is 11.5 Å². The van der Waals surface area contributed by atoms with E-state index in [4.69, 9.17) is 31.9 Å². The summed E-state index contributed by atoms with van der Waals surface area (Å²) in [7, 11) is 1.40. The number of carbonyl (C=O) groups excluding carboxylic acids is 5. The highest BCUT2D eigenvalue weighted by Gasteiger charge is 2.36. The van der Waals surface area contributed by atoms with Crippen LogP contribution in [0.2, 0.25) is 0 Å². The number of carbonyl (C=O) groups is 5. The topological polar surface area (TPSA) is 296 Å². The summed E-state index contributed by atoms with van der Waals surface area (Å²) in [5.74, 6) is -2.45. The lowest BCUT2D eigenvalue weighted by Gasteiger charge is -2.32. The number of aromatic nitrogens is 3. The molecule has 19 nitrogen and oxygen atoms in total. The van der Waals surface area contributed by atoms with Crippen LogP contribution in [0.3, 0.4) is 0 Å². The van der Waals surface area contributed by atoms with Crippen molar-refractivity contribution in [3.8, 4) is 40.1 Å². The molecule has 1 aliphatic heterocycles. The average Bonchev–Trinajstić information content (AvgIpc) is 3.28. The van der Waals surface area contributed by atoms with Crippen molar-refractivity contribution < 1.29 is 33.4 Å². The Bertz CT molecular complexity index is 2410. The van der Waals surface area contributed by atoms with E-state index >= 15 is 0 Å². The number of hydrogen-bond donors (Lipinski definition) is 7. The van der Waals surface area contributed by atoms with Gasteiger partial charge >= 0.3 is 0 Å². The predicted octanol–water partition coefficient (Wildman–Crippen LogP) is 1.32. The Balaban J connectivity index is 1.55. The molecule has 344 valence electrons. The van der Waals surface area contributed by atoms with Crippen LogP contribution in [0.1, 0.15) is 73.0 Å². The zero-order valence-electron chi connectivity index (χ0n) is 37.6. The molecule has 19 heteroatoms. The van der Waals surface area contributed by atoms with E-state index in [2.05, 4.69) is 57.2 Å². The van der Waals surface area contributed by atoms with E-state index in [-0.39, 0.29) is 69.0 Å². The van der Waals surface area contributed by atoms with Gasteiger partial charge in [0.05, 0.1) is 11.8 Å². The molecule has 4 bridgehead atoms. The van der Waals surface area contributed by atoms with E-state index in [1.54, 1.807) is 43.3 Å². The first-order chi connectivity index (χ1) is 31.0. The molecular weight excluding hydrogens is 833 g/mol. The van der Waals surface area contributed by atoms with E-state index in [1.165, 1.54) is 14.0 Å². The normalized spacial score (nSPS) is 16.7. The molecule has 0 aliphatic carbocycles. The van der Waals surface area contributed by atoms with E-state index in [0.29, 0.717) is 45.1 Å². The minimum Gasteiger partial charge on any atom is -0.492 e. The number of aryl methyl sites for hydroxylation is 1. The zero-order chi connectivity index (χ0) is 47.4. The van der Waals surface area contributed by atoms with E-state index in [1.807, 2.05) is 30.3 Å². The lowest BCUT2D eigenvalue weighted by atomic mass is 9.87. The maximum Gasteiger partial charge on any atom is 0.274 e. The summed E-state index contributed by atoms with van der Waals surface area (Å²) in [6, 6.07) is 14.7. The Morgan fingerprint density at radius 2 is 1.55 bits per heavy atom. The van der Waals surface area contributed by atoms with Crippen LogP contribution < -0.4 is 47.9 Å². The number of rotatable bonds is 15. The molecule has 5 rings (SSSR count). The van der Waals surface area contributed by atoms with Crippen LogP contribution in [0, 0.1) is 18.3 Å². The summed E-state index contributed by atoms with van der Waals surface area (Å²) in [6.45, 7) is 9.70. The van der Waals surface area contributed by atoms with Gasteiger partial charge in [-0.05, 0) is 73.2 Å². The monoisotopic (exact) mass is 890 g/mol. The number of nitrogens with two attached hydrogens (primary N) is 3. The molecule has 0 saturated heterocycles. The number of likely N-dealkylation sites (N-methyl/N-ethyl adjacent to an activating group) is 1. The van der Waals surface area contributed by atoms with Crippen molar-refractivity contribution in [1.82, 2.24) is 41.3 Å². The molecular formula is C46H58N12O7. The van der Waals surface area contributed by atoms with Gasteiger partial charge in [-0.15, -0.1) is 10.2 Å². The van der Waals surface area contributed by atoms with Crippen molar-refractivity contribution in [2.24, 2.45) is 17.2 Å². The van der Waals surface area contributed by atoms with Crippen LogP contribution in [0.25, 0.3) is 22.5 Å². The molecule has 4 aromatic rings. The molecule has 65 heavy (non-hydrogen) atoms. The first-order valence-corrected chi connectivity index (χ1v) is 21.3. The Morgan fingerprint density at radius 1 is 0.908 bits per heavy atom. The number of nitrogens with one attached hydrogen (secondary N) is 4. The molecule has 0 spiro atoms. The molecule has 0 radical (unpaired) electrons. The minimum absolute atomic E-state index is 0.00258. The van der Waals surface area contributed by atoms with Crippen molar-refractivity contribution >= 4 is 29.5 Å². The molecule has 1 aliphatic rings. The summed E-state index contributed by atoms with van der Waals surface area (Å²) in [5.41, 5.74) is 21.4. The lowest BCUT2D eigenvalue weighted by molar-refractivity contribution is -0.141. The first kappa shape index (κ1) is 49.0. The first-order valence-electron chi connectivity index (χ1n) is 21.3. The smallest absolute Gasteiger partial charge is 0.274 e. The van der Waals surface area contributed by atoms with Gasteiger partial charge in [-0.25, -0.2) is 4.98 Å². The third-order valence-electron chi connectivity index (χ3n) is 10.7. The molecule has 4 unspecified atom stereocenters. The van der Waals surface area contributed by atoms with Gasteiger partial charge in [0.1, 0.15) is 55.4 Å². The van der Waals surface area contributed by atoms with Crippen molar-refractivity contribution in [2.45, 2.75) is 77.0 Å². The summed E-state index contributed by atoms with van der Waals surface area (Å²) in [5, 5.41) is 28.2. The molecule has 3 aromatic carbocycles. The highest BCUT2D eigenvalue weighted by atomic mass is 16.5. The second-order valence-electron chi connectivity index (χ2n) is 16.6. The number of ether oxygens (including phenoxy) is 2. The summed E-state index contributed by atoms with van der Waals surface area (Å²) in [6.07, 6.45) is -0.0292. The van der Waals surface area contributed by atoms with Gasteiger partial charge in [-0.2, -0.15) is 5.26 Å². The van der Waals surface area contributed by atoms with Gasteiger partial charge in [-0.3, -0.25) is 24.0 Å². The highest BCUT2D eigenvalue weighted by Crippen LogP contribution is 2.40. The maximum atomic E-state index is 14.6. The third-order valence-corrected chi connectivity index (χ3v) is 10.7. The number of fused-ring (bicyclic) bond motifs is 5. The Labute approximate surface area is 378 Å². The van der Waals surface area contributed by atoms with Gasteiger partial charge in [0, 0.05) is 43.2 Å². The van der Waals surface area contributed by atoms with Crippen molar-refractivity contribution in [1.29, 1.82) is 5.26 Å². The standard InChI is InChI=1S/C46H58N12O7/c1-26-38(56-57-40(52-26)29-8-11-31(12-9-29)46(3,4)5)43(61)54-34(15-16-47)45(63)58(6)39-30-10-14-37(65-22-19-50)33(25-30)32-23-28(7-13-36(32)64-21-18-49)24-35(42(60)51-20-17-48)55-41(59)27(2)53-44(39)62/h7-14,23,25,27,34-35,39H,15-16,18-22,24,47,49-50H2,1-6H3,(H,51,60)(H,53,62)(H,54,61)(H,55,59). The number of amides is 5. The fraction of sp³-hybridized carbons (Fsp3) is 0.413. The van der Waals surface area contributed by atoms with Crippen LogP contribution in [0.4, 0.5) is 0 Å². The van der Waals surface area contributed by atoms with Gasteiger partial charge in [0.2, 0.25) is 23.6 Å². The molecule has 0 saturated carbocycles. The largest absolute Gasteiger partial charge is 0.492 e. The molecule has 4 atom stereocenters. The average molecular weight is 891 g/mol. The van der Waals surface area contributed by atoms with Crippen LogP contribution in [-0.4, -0.2) is 114 Å². The molecule has 1 aromatic heterocycles. The Morgan fingerprint density at radius 3 is 2.15 bits per heavy atom. The lowest BCUT2D eigenvalue weighted by Crippen LogP contribution is -2.56. The van der Waals surface area contributed by atoms with Crippen molar-refractivity contribution in [3.05, 3.63) is 88.7 Å². The zero-order valence-corrected chi connectivity index (χ0v) is 37.6.